The molecule has 1 aliphatic heterocycles. The predicted molar refractivity (Wildman–Crippen MR) is 107 cm³/mol. The zero-order valence-electron chi connectivity index (χ0n) is 17.8. The van der Waals surface area contributed by atoms with Gasteiger partial charge in [0.05, 0.1) is 0 Å². The normalized spacial score (nSPS) is 25.0. The molecule has 1 amide bonds. The van der Waals surface area contributed by atoms with Crippen molar-refractivity contribution in [3.05, 3.63) is 30.3 Å². The van der Waals surface area contributed by atoms with Gasteiger partial charge in [-0.05, 0) is 12.1 Å². The summed E-state index contributed by atoms with van der Waals surface area (Å²) in [6, 6.07) is 6.79. The lowest BCUT2D eigenvalue weighted by atomic mass is 9.97. The maximum absolute atomic E-state index is 13.0. The molecule has 0 aliphatic carbocycles. The number of esters is 3. The van der Waals surface area contributed by atoms with Gasteiger partial charge >= 0.3 is 30.0 Å². The van der Waals surface area contributed by atoms with Crippen LogP contribution in [0.4, 0.5) is 13.2 Å². The Hall–Kier alpha value is -2.80. The molecule has 5 atom stereocenters. The average molecular weight is 493 g/mol. The van der Waals surface area contributed by atoms with E-state index < -0.39 is 66.4 Å². The maximum Gasteiger partial charge on any atom is 0.471 e. The van der Waals surface area contributed by atoms with E-state index in [9.17, 15) is 32.3 Å². The summed E-state index contributed by atoms with van der Waals surface area (Å²) in [6.45, 7) is 2.71. The SMILES string of the molecule is CC(=O)OCC1O[C@@H](Sc2ccccc2)C(NC(=O)C(F)(F)F)[C@@H](OC(C)=O)[C@H]1OC(C)=O. The van der Waals surface area contributed by atoms with Gasteiger partial charge in [0.25, 0.3) is 0 Å². The zero-order chi connectivity index (χ0) is 24.8. The molecular formula is C20H22F3NO8S. The lowest BCUT2D eigenvalue weighted by Crippen LogP contribution is -2.66. The molecule has 1 aromatic carbocycles. The lowest BCUT2D eigenvalue weighted by Gasteiger charge is -2.45. The molecule has 1 aliphatic rings. The number of hydrogen-bond donors (Lipinski definition) is 1. The van der Waals surface area contributed by atoms with Crippen LogP contribution in [-0.2, 0) is 38.1 Å². The maximum atomic E-state index is 13.0. The minimum atomic E-state index is -5.24. The molecule has 0 saturated carbocycles. The smallest absolute Gasteiger partial charge is 0.463 e. The highest BCUT2D eigenvalue weighted by Gasteiger charge is 2.53. The van der Waals surface area contributed by atoms with Crippen molar-refractivity contribution in [1.82, 2.24) is 5.32 Å². The molecule has 182 valence electrons. The first-order valence-electron chi connectivity index (χ1n) is 9.61. The molecule has 0 spiro atoms. The van der Waals surface area contributed by atoms with Gasteiger partial charge in [-0.15, -0.1) is 0 Å². The van der Waals surface area contributed by atoms with E-state index in [2.05, 4.69) is 0 Å². The number of hydrogen-bond acceptors (Lipinski definition) is 9. The standard InChI is InChI=1S/C20H22F3NO8S/c1-10(25)29-9-14-16(30-11(2)26)17(31-12(3)27)15(24-19(28)20(21,22)23)18(32-14)33-13-7-5-4-6-8-13/h4-8,14-18H,9H2,1-3H3,(H,24,28)/t14?,15?,16-,17+,18-/m0/s1. The molecule has 0 aromatic heterocycles. The fourth-order valence-electron chi connectivity index (χ4n) is 3.02. The predicted octanol–water partition coefficient (Wildman–Crippen LogP) is 1.98. The summed E-state index contributed by atoms with van der Waals surface area (Å²) in [5.74, 6) is -4.75. The number of carbonyl (C=O) groups excluding carboxylic acids is 4. The summed E-state index contributed by atoms with van der Waals surface area (Å²) >= 11 is 0.938. The summed E-state index contributed by atoms with van der Waals surface area (Å²) in [7, 11) is 0. The number of benzene rings is 1. The molecule has 1 fully saturated rings. The number of ether oxygens (including phenoxy) is 4. The Morgan fingerprint density at radius 2 is 1.55 bits per heavy atom. The van der Waals surface area contributed by atoms with Crippen LogP contribution in [-0.4, -0.2) is 66.4 Å². The third kappa shape index (κ3) is 7.93. The third-order valence-electron chi connectivity index (χ3n) is 4.25. The molecule has 0 radical (unpaired) electrons. The number of nitrogens with one attached hydrogen (secondary N) is 1. The van der Waals surface area contributed by atoms with Gasteiger partial charge in [-0.2, -0.15) is 13.2 Å². The van der Waals surface area contributed by atoms with Crippen LogP contribution < -0.4 is 5.32 Å². The van der Waals surface area contributed by atoms with E-state index in [1.807, 2.05) is 0 Å². The van der Waals surface area contributed by atoms with Crippen molar-refractivity contribution in [3.8, 4) is 0 Å². The van der Waals surface area contributed by atoms with Gasteiger partial charge in [0.1, 0.15) is 24.2 Å². The van der Waals surface area contributed by atoms with Crippen molar-refractivity contribution in [2.45, 2.75) is 61.6 Å². The van der Waals surface area contributed by atoms with Crippen LogP contribution in [0.5, 0.6) is 0 Å². The largest absolute Gasteiger partial charge is 0.471 e. The molecule has 1 N–H and O–H groups in total. The number of alkyl halides is 3. The second-order valence-electron chi connectivity index (χ2n) is 6.92. The second kappa shape index (κ2) is 11.4. The van der Waals surface area contributed by atoms with Gasteiger partial charge in [0.2, 0.25) is 0 Å². The molecule has 13 heteroatoms. The quantitative estimate of drug-likeness (QED) is 0.449. The first-order valence-corrected chi connectivity index (χ1v) is 10.5. The highest BCUT2D eigenvalue weighted by molar-refractivity contribution is 7.99. The minimum absolute atomic E-state index is 0.448. The molecule has 1 aromatic rings. The van der Waals surface area contributed by atoms with Gasteiger partial charge in [-0.1, -0.05) is 30.0 Å². The highest BCUT2D eigenvalue weighted by atomic mass is 32.2. The Morgan fingerprint density at radius 3 is 2.06 bits per heavy atom. The summed E-state index contributed by atoms with van der Waals surface area (Å²) < 4.78 is 60.2. The second-order valence-corrected chi connectivity index (χ2v) is 8.09. The highest BCUT2D eigenvalue weighted by Crippen LogP contribution is 2.36. The van der Waals surface area contributed by atoms with Crippen LogP contribution in [0.2, 0.25) is 0 Å². The molecule has 1 heterocycles. The van der Waals surface area contributed by atoms with Crippen LogP contribution in [0.25, 0.3) is 0 Å². The molecular weight excluding hydrogens is 471 g/mol. The van der Waals surface area contributed by atoms with Crippen molar-refractivity contribution in [2.75, 3.05) is 6.61 Å². The zero-order valence-corrected chi connectivity index (χ0v) is 18.6. The summed E-state index contributed by atoms with van der Waals surface area (Å²) in [6.07, 6.45) is -9.50. The Morgan fingerprint density at radius 1 is 0.970 bits per heavy atom. The Bertz CT molecular complexity index is 867. The van der Waals surface area contributed by atoms with Crippen LogP contribution >= 0.6 is 11.8 Å². The topological polar surface area (TPSA) is 117 Å². The van der Waals surface area contributed by atoms with Gasteiger partial charge < -0.3 is 24.3 Å². The number of halogens is 3. The van der Waals surface area contributed by atoms with E-state index in [0.717, 1.165) is 32.5 Å². The average Bonchev–Trinajstić information content (AvgIpc) is 2.70. The molecule has 1 saturated heterocycles. The van der Waals surface area contributed by atoms with Crippen molar-refractivity contribution in [2.24, 2.45) is 0 Å². The molecule has 2 rings (SSSR count). The first-order chi connectivity index (χ1) is 15.4. The number of carbonyl (C=O) groups is 4. The van der Waals surface area contributed by atoms with E-state index in [-0.39, 0.29) is 0 Å². The molecule has 9 nitrogen and oxygen atoms in total. The first kappa shape index (κ1) is 26.5. The van der Waals surface area contributed by atoms with Crippen molar-refractivity contribution < 1.29 is 51.3 Å². The van der Waals surface area contributed by atoms with Crippen molar-refractivity contribution in [3.63, 3.8) is 0 Å². The van der Waals surface area contributed by atoms with Gasteiger partial charge in [0.15, 0.2) is 12.2 Å². The van der Waals surface area contributed by atoms with E-state index >= 15 is 0 Å². The minimum Gasteiger partial charge on any atom is -0.463 e. The summed E-state index contributed by atoms with van der Waals surface area (Å²) in [5.41, 5.74) is -1.24. The summed E-state index contributed by atoms with van der Waals surface area (Å²) in [5, 5.41) is 1.79. The fraction of sp³-hybridized carbons (Fsp3) is 0.500. The Kier molecular flexibility index (Phi) is 9.11. The monoisotopic (exact) mass is 493 g/mol. The number of amides is 1. The number of thioether (sulfide) groups is 1. The summed E-state index contributed by atoms with van der Waals surface area (Å²) in [4.78, 5) is 47.1. The van der Waals surface area contributed by atoms with Crippen molar-refractivity contribution >= 4 is 35.6 Å². The number of rotatable bonds is 7. The van der Waals surface area contributed by atoms with E-state index in [4.69, 9.17) is 18.9 Å². The van der Waals surface area contributed by atoms with Crippen LogP contribution in [0.1, 0.15) is 20.8 Å². The molecule has 2 unspecified atom stereocenters. The molecule has 33 heavy (non-hydrogen) atoms. The Balaban J connectivity index is 2.49. The van der Waals surface area contributed by atoms with Crippen LogP contribution in [0, 0.1) is 0 Å². The van der Waals surface area contributed by atoms with E-state index in [1.54, 1.807) is 35.6 Å². The third-order valence-corrected chi connectivity index (χ3v) is 5.43. The van der Waals surface area contributed by atoms with E-state index in [1.165, 1.54) is 0 Å². The van der Waals surface area contributed by atoms with E-state index in [0.29, 0.717) is 4.90 Å². The van der Waals surface area contributed by atoms with Crippen molar-refractivity contribution in [1.29, 1.82) is 0 Å². The lowest BCUT2D eigenvalue weighted by molar-refractivity contribution is -0.214. The Labute approximate surface area is 191 Å². The van der Waals surface area contributed by atoms with Crippen LogP contribution in [0.3, 0.4) is 0 Å². The van der Waals surface area contributed by atoms with Gasteiger partial charge in [-0.25, -0.2) is 0 Å². The molecule has 0 bridgehead atoms. The van der Waals surface area contributed by atoms with Gasteiger partial charge in [0, 0.05) is 25.7 Å². The fourth-order valence-corrected chi connectivity index (χ4v) is 4.17. The van der Waals surface area contributed by atoms with Crippen LogP contribution in [0.15, 0.2) is 35.2 Å². The van der Waals surface area contributed by atoms with Gasteiger partial charge in [-0.3, -0.25) is 19.2 Å².